The summed E-state index contributed by atoms with van der Waals surface area (Å²) in [6, 6.07) is 0. The van der Waals surface area contributed by atoms with Crippen LogP contribution in [0, 0.1) is 0 Å². The molecule has 1 aromatic heterocycles. The number of anilines is 1. The number of hydrogen-bond donors (Lipinski definition) is 1. The number of rotatable bonds is 4. The summed E-state index contributed by atoms with van der Waals surface area (Å²) in [5, 5.41) is 10.1. The number of carboxylic acid groups (broad SMARTS) is 1. The minimum absolute atomic E-state index is 0.124. The van der Waals surface area contributed by atoms with E-state index in [0.717, 1.165) is 31.1 Å². The first-order valence-corrected chi connectivity index (χ1v) is 7.36. The van der Waals surface area contributed by atoms with Crippen molar-refractivity contribution in [2.24, 2.45) is 0 Å². The molecule has 1 saturated heterocycles. The molecule has 0 radical (unpaired) electrons. The maximum Gasteiger partial charge on any atom is 0.347 e. The molecule has 1 N–H and O–H groups in total. The van der Waals surface area contributed by atoms with Crippen molar-refractivity contribution in [3.8, 4) is 0 Å². The van der Waals surface area contributed by atoms with Crippen LogP contribution in [0.25, 0.3) is 0 Å². The fourth-order valence-electron chi connectivity index (χ4n) is 2.30. The Morgan fingerprint density at radius 2 is 2.32 bits per heavy atom. The molecular weight excluding hydrogens is 264 g/mol. The van der Waals surface area contributed by atoms with Gasteiger partial charge in [-0.05, 0) is 18.8 Å². The summed E-state index contributed by atoms with van der Waals surface area (Å²) in [4.78, 5) is 18.3. The maximum absolute atomic E-state index is 11.3. The lowest BCUT2D eigenvalue weighted by Gasteiger charge is -2.31. The highest BCUT2D eigenvalue weighted by Crippen LogP contribution is 2.32. The molecule has 1 fully saturated rings. The third-order valence-electron chi connectivity index (χ3n) is 3.37. The van der Waals surface area contributed by atoms with Crippen molar-refractivity contribution >= 4 is 22.4 Å². The van der Waals surface area contributed by atoms with E-state index < -0.39 is 5.97 Å². The van der Waals surface area contributed by atoms with Gasteiger partial charge in [0.15, 0.2) is 5.13 Å². The molecule has 106 valence electrons. The van der Waals surface area contributed by atoms with Crippen molar-refractivity contribution in [2.45, 2.75) is 38.7 Å². The first kappa shape index (κ1) is 14.3. The Morgan fingerprint density at radius 1 is 1.58 bits per heavy atom. The normalized spacial score (nSPS) is 20.0. The molecule has 0 aromatic carbocycles. The Morgan fingerprint density at radius 3 is 2.84 bits per heavy atom. The van der Waals surface area contributed by atoms with Gasteiger partial charge in [-0.3, -0.25) is 0 Å². The smallest absolute Gasteiger partial charge is 0.347 e. The zero-order chi connectivity index (χ0) is 14.0. The lowest BCUT2D eigenvalue weighted by molar-refractivity contribution is 0.0700. The summed E-state index contributed by atoms with van der Waals surface area (Å²) in [6.45, 7) is 5.66. The lowest BCUT2D eigenvalue weighted by atomic mass is 10.1. The summed E-state index contributed by atoms with van der Waals surface area (Å²) < 4.78 is 5.39. The molecule has 1 unspecified atom stereocenters. The molecule has 1 atom stereocenters. The highest BCUT2D eigenvalue weighted by atomic mass is 32.1. The Bertz CT molecular complexity index is 459. The zero-order valence-electron chi connectivity index (χ0n) is 11.5. The molecule has 1 aromatic rings. The summed E-state index contributed by atoms with van der Waals surface area (Å²) in [7, 11) is 1.72. The molecule has 1 aliphatic heterocycles. The highest BCUT2D eigenvalue weighted by molar-refractivity contribution is 7.17. The second-order valence-electron chi connectivity index (χ2n) is 5.12. The molecule has 0 saturated carbocycles. The summed E-state index contributed by atoms with van der Waals surface area (Å²) >= 11 is 1.27. The van der Waals surface area contributed by atoms with Gasteiger partial charge in [0.2, 0.25) is 0 Å². The van der Waals surface area contributed by atoms with Crippen molar-refractivity contribution in [1.82, 2.24) is 4.98 Å². The number of aromatic carboxylic acids is 1. The lowest BCUT2D eigenvalue weighted by Crippen LogP contribution is -2.39. The molecule has 6 heteroatoms. The van der Waals surface area contributed by atoms with Gasteiger partial charge in [0.05, 0.1) is 11.8 Å². The van der Waals surface area contributed by atoms with E-state index in [2.05, 4.69) is 9.88 Å². The average Bonchev–Trinajstić information content (AvgIpc) is 2.84. The van der Waals surface area contributed by atoms with E-state index in [1.54, 1.807) is 7.11 Å². The van der Waals surface area contributed by atoms with Crippen LogP contribution >= 0.6 is 11.3 Å². The molecule has 0 aliphatic carbocycles. The number of thiazole rings is 1. The minimum atomic E-state index is -0.882. The minimum Gasteiger partial charge on any atom is -0.477 e. The summed E-state index contributed by atoms with van der Waals surface area (Å²) in [5.41, 5.74) is 0.687. The van der Waals surface area contributed by atoms with Gasteiger partial charge in [-0.1, -0.05) is 25.2 Å². The quantitative estimate of drug-likeness (QED) is 0.920. The van der Waals surface area contributed by atoms with Crippen molar-refractivity contribution < 1.29 is 14.6 Å². The van der Waals surface area contributed by atoms with E-state index in [9.17, 15) is 9.90 Å². The molecular formula is C13H20N2O3S. The number of piperidine rings is 1. The van der Waals surface area contributed by atoms with E-state index in [1.807, 2.05) is 13.8 Å². The number of carboxylic acids is 1. The number of aromatic nitrogens is 1. The number of hydrogen-bond acceptors (Lipinski definition) is 5. The Labute approximate surface area is 117 Å². The summed E-state index contributed by atoms with van der Waals surface area (Å²) in [5.74, 6) is -0.758. The van der Waals surface area contributed by atoms with Gasteiger partial charge in [0, 0.05) is 20.2 Å². The van der Waals surface area contributed by atoms with Gasteiger partial charge in [-0.25, -0.2) is 9.78 Å². The van der Waals surface area contributed by atoms with Crippen molar-refractivity contribution in [3.05, 3.63) is 10.6 Å². The largest absolute Gasteiger partial charge is 0.477 e. The molecule has 2 rings (SSSR count). The van der Waals surface area contributed by atoms with Crippen molar-refractivity contribution in [3.63, 3.8) is 0 Å². The topological polar surface area (TPSA) is 62.7 Å². The van der Waals surface area contributed by atoms with E-state index in [4.69, 9.17) is 4.74 Å². The van der Waals surface area contributed by atoms with E-state index in [-0.39, 0.29) is 12.0 Å². The number of carbonyl (C=O) groups is 1. The fourth-order valence-corrected chi connectivity index (χ4v) is 3.40. The number of nitrogens with zero attached hydrogens (tertiary/aromatic N) is 2. The fraction of sp³-hybridized carbons (Fsp3) is 0.692. The first-order valence-electron chi connectivity index (χ1n) is 6.54. The van der Waals surface area contributed by atoms with Crippen LogP contribution < -0.4 is 4.90 Å². The van der Waals surface area contributed by atoms with Crippen molar-refractivity contribution in [2.75, 3.05) is 25.1 Å². The van der Waals surface area contributed by atoms with Crippen LogP contribution in [-0.4, -0.2) is 42.4 Å². The average molecular weight is 284 g/mol. The number of ether oxygens (including phenoxy) is 1. The Kier molecular flexibility index (Phi) is 4.42. The molecule has 0 spiro atoms. The predicted molar refractivity (Wildman–Crippen MR) is 75.4 cm³/mol. The predicted octanol–water partition coefficient (Wildman–Crippen LogP) is 2.58. The molecule has 5 nitrogen and oxygen atoms in total. The van der Waals surface area contributed by atoms with E-state index in [1.165, 1.54) is 11.3 Å². The van der Waals surface area contributed by atoms with Gasteiger partial charge in [-0.2, -0.15) is 0 Å². The molecule has 19 heavy (non-hydrogen) atoms. The standard InChI is InChI=1S/C13H20N2O3S/c1-8(2)10-11(12(16)17)19-13(14-10)15-6-4-5-9(7-15)18-3/h8-9H,4-7H2,1-3H3,(H,16,17). The van der Waals surface area contributed by atoms with Gasteiger partial charge in [0.1, 0.15) is 4.88 Å². The molecule has 2 heterocycles. The molecule has 1 aliphatic rings. The van der Waals surface area contributed by atoms with Gasteiger partial charge in [0.25, 0.3) is 0 Å². The second kappa shape index (κ2) is 5.88. The third-order valence-corrected chi connectivity index (χ3v) is 4.49. The van der Waals surface area contributed by atoms with Crippen LogP contribution in [0.4, 0.5) is 5.13 Å². The molecule has 0 amide bonds. The SMILES string of the molecule is COC1CCCN(c2nc(C(C)C)c(C(=O)O)s2)C1. The monoisotopic (exact) mass is 284 g/mol. The van der Waals surface area contributed by atoms with E-state index in [0.29, 0.717) is 10.6 Å². The second-order valence-corrected chi connectivity index (χ2v) is 6.09. The molecule has 0 bridgehead atoms. The van der Waals surface area contributed by atoms with Crippen LogP contribution in [0.5, 0.6) is 0 Å². The van der Waals surface area contributed by atoms with E-state index >= 15 is 0 Å². The summed E-state index contributed by atoms with van der Waals surface area (Å²) in [6.07, 6.45) is 2.33. The van der Waals surface area contributed by atoms with Gasteiger partial charge >= 0.3 is 5.97 Å². The van der Waals surface area contributed by atoms with Crippen LogP contribution in [0.2, 0.25) is 0 Å². The maximum atomic E-state index is 11.3. The first-order chi connectivity index (χ1) is 9.02. The van der Waals surface area contributed by atoms with Crippen LogP contribution in [0.3, 0.4) is 0 Å². The van der Waals surface area contributed by atoms with Gasteiger partial charge < -0.3 is 14.7 Å². The third kappa shape index (κ3) is 3.06. The van der Waals surface area contributed by atoms with Crippen molar-refractivity contribution in [1.29, 1.82) is 0 Å². The Balaban J connectivity index is 2.25. The zero-order valence-corrected chi connectivity index (χ0v) is 12.4. The number of methoxy groups -OCH3 is 1. The van der Waals surface area contributed by atoms with Crippen LogP contribution in [-0.2, 0) is 4.74 Å². The van der Waals surface area contributed by atoms with Gasteiger partial charge in [-0.15, -0.1) is 0 Å². The Hall–Kier alpha value is -1.14. The van der Waals surface area contributed by atoms with Crippen LogP contribution in [0.15, 0.2) is 0 Å². The van der Waals surface area contributed by atoms with Crippen LogP contribution in [0.1, 0.15) is 48.0 Å². The highest BCUT2D eigenvalue weighted by Gasteiger charge is 2.26.